The van der Waals surface area contributed by atoms with Crippen LogP contribution in [0.25, 0.3) is 10.2 Å². The highest BCUT2D eigenvalue weighted by molar-refractivity contribution is 7.18. The molecule has 0 saturated heterocycles. The number of hydrogen-bond acceptors (Lipinski definition) is 8. The van der Waals surface area contributed by atoms with Crippen LogP contribution in [0, 0.1) is 13.8 Å². The first-order chi connectivity index (χ1) is 15.3. The molecule has 3 rings (SSSR count). The van der Waals surface area contributed by atoms with Crippen molar-refractivity contribution in [2.24, 2.45) is 0 Å². The second-order valence-corrected chi connectivity index (χ2v) is 8.44. The summed E-state index contributed by atoms with van der Waals surface area (Å²) in [5.74, 6) is 1.55. The zero-order valence-electron chi connectivity index (χ0n) is 18.5. The number of methoxy groups -OCH3 is 2. The van der Waals surface area contributed by atoms with Gasteiger partial charge in [0.2, 0.25) is 11.7 Å². The number of rotatable bonds is 10. The maximum atomic E-state index is 12.3. The van der Waals surface area contributed by atoms with Crippen LogP contribution in [0.5, 0.6) is 17.2 Å². The van der Waals surface area contributed by atoms with Crippen molar-refractivity contribution in [1.29, 1.82) is 0 Å². The molecule has 1 unspecified atom stereocenters. The van der Waals surface area contributed by atoms with E-state index in [0.29, 0.717) is 33.3 Å². The second kappa shape index (κ2) is 10.5. The smallest absolute Gasteiger partial charge is 0.259 e. The van der Waals surface area contributed by atoms with Crippen LogP contribution in [-0.2, 0) is 11.2 Å². The Morgan fingerprint density at radius 1 is 1.25 bits per heavy atom. The Morgan fingerprint density at radius 3 is 2.59 bits per heavy atom. The molecule has 0 spiro atoms. The molecular formula is C22H27N3O6S. The summed E-state index contributed by atoms with van der Waals surface area (Å²) in [6.45, 7) is 3.81. The maximum absolute atomic E-state index is 12.3. The number of amides is 1. The third kappa shape index (κ3) is 5.38. The van der Waals surface area contributed by atoms with Gasteiger partial charge in [0.05, 0.1) is 19.6 Å². The van der Waals surface area contributed by atoms with Crippen LogP contribution in [0.1, 0.15) is 22.7 Å². The lowest BCUT2D eigenvalue weighted by Gasteiger charge is -2.17. The molecule has 0 saturated carbocycles. The van der Waals surface area contributed by atoms with E-state index in [4.69, 9.17) is 14.2 Å². The number of aromatic amines is 1. The fourth-order valence-electron chi connectivity index (χ4n) is 3.17. The largest absolute Gasteiger partial charge is 0.493 e. The van der Waals surface area contributed by atoms with Crippen LogP contribution in [0.15, 0.2) is 23.0 Å². The van der Waals surface area contributed by atoms with Gasteiger partial charge in [-0.3, -0.25) is 9.59 Å². The highest BCUT2D eigenvalue weighted by atomic mass is 32.1. The number of hydrogen-bond donors (Lipinski definition) is 3. The van der Waals surface area contributed by atoms with Gasteiger partial charge in [0.25, 0.3) is 5.56 Å². The highest BCUT2D eigenvalue weighted by Crippen LogP contribution is 2.36. The van der Waals surface area contributed by atoms with Gasteiger partial charge >= 0.3 is 0 Å². The monoisotopic (exact) mass is 461 g/mol. The molecule has 1 amide bonds. The number of nitrogens with zero attached hydrogens (tertiary/aromatic N) is 1. The number of para-hydroxylation sites is 1. The summed E-state index contributed by atoms with van der Waals surface area (Å²) < 4.78 is 16.1. The Bertz CT molecular complexity index is 1130. The molecule has 3 N–H and O–H groups in total. The summed E-state index contributed by atoms with van der Waals surface area (Å²) in [5.41, 5.74) is 0.747. The minimum Gasteiger partial charge on any atom is -0.493 e. The van der Waals surface area contributed by atoms with E-state index in [9.17, 15) is 14.7 Å². The SMILES string of the molecule is COc1cccc(OC)c1OCC(O)CNC(=O)CCc1nc2sc(C)c(C)c2c(=O)[nH]1. The molecule has 0 aliphatic carbocycles. The van der Waals surface area contributed by atoms with Gasteiger partial charge < -0.3 is 29.6 Å². The lowest BCUT2D eigenvalue weighted by Crippen LogP contribution is -2.35. The number of nitrogens with one attached hydrogen (secondary N) is 2. The Hall–Kier alpha value is -3.11. The van der Waals surface area contributed by atoms with Crippen LogP contribution in [-0.4, -0.2) is 54.5 Å². The van der Waals surface area contributed by atoms with Crippen molar-refractivity contribution in [3.8, 4) is 17.2 Å². The molecule has 10 heteroatoms. The Kier molecular flexibility index (Phi) is 7.70. The van der Waals surface area contributed by atoms with Gasteiger partial charge in [-0.2, -0.15) is 0 Å². The number of aliphatic hydroxyl groups is 1. The van der Waals surface area contributed by atoms with E-state index < -0.39 is 6.10 Å². The van der Waals surface area contributed by atoms with Gasteiger partial charge in [0.1, 0.15) is 23.4 Å². The first-order valence-electron chi connectivity index (χ1n) is 10.1. The molecular weight excluding hydrogens is 434 g/mol. The molecule has 3 aromatic rings. The summed E-state index contributed by atoms with van der Waals surface area (Å²) in [5, 5.41) is 13.4. The Morgan fingerprint density at radius 2 is 1.94 bits per heavy atom. The van der Waals surface area contributed by atoms with E-state index in [-0.39, 0.29) is 37.5 Å². The van der Waals surface area contributed by atoms with Crippen molar-refractivity contribution < 1.29 is 24.1 Å². The van der Waals surface area contributed by atoms with Gasteiger partial charge in [-0.15, -0.1) is 11.3 Å². The first-order valence-corrected chi connectivity index (χ1v) is 10.9. The Labute approximate surface area is 189 Å². The average Bonchev–Trinajstić information content (AvgIpc) is 3.08. The molecule has 1 atom stereocenters. The van der Waals surface area contributed by atoms with Crippen LogP contribution in [0.3, 0.4) is 0 Å². The van der Waals surface area contributed by atoms with Crippen molar-refractivity contribution in [3.05, 3.63) is 44.8 Å². The number of carbonyl (C=O) groups excluding carboxylic acids is 1. The van der Waals surface area contributed by atoms with Crippen molar-refractivity contribution in [2.75, 3.05) is 27.4 Å². The summed E-state index contributed by atoms with van der Waals surface area (Å²) in [6.07, 6.45) is -0.510. The van der Waals surface area contributed by atoms with E-state index in [0.717, 1.165) is 10.4 Å². The summed E-state index contributed by atoms with van der Waals surface area (Å²) >= 11 is 1.47. The number of aryl methyl sites for hydroxylation is 3. The van der Waals surface area contributed by atoms with Crippen molar-refractivity contribution in [2.45, 2.75) is 32.8 Å². The molecule has 0 radical (unpaired) electrons. The average molecular weight is 462 g/mol. The topological polar surface area (TPSA) is 123 Å². The molecule has 1 aromatic carbocycles. The van der Waals surface area contributed by atoms with Crippen LogP contribution >= 0.6 is 11.3 Å². The van der Waals surface area contributed by atoms with Gasteiger partial charge in [-0.1, -0.05) is 6.07 Å². The molecule has 2 aromatic heterocycles. The summed E-state index contributed by atoms with van der Waals surface area (Å²) in [7, 11) is 3.03. The van der Waals surface area contributed by atoms with Gasteiger partial charge in [0, 0.05) is 24.3 Å². The van der Waals surface area contributed by atoms with E-state index in [1.165, 1.54) is 25.6 Å². The number of H-pyrrole nitrogens is 1. The van der Waals surface area contributed by atoms with Crippen LogP contribution in [0.2, 0.25) is 0 Å². The van der Waals surface area contributed by atoms with E-state index >= 15 is 0 Å². The van der Waals surface area contributed by atoms with Crippen molar-refractivity contribution in [1.82, 2.24) is 15.3 Å². The normalized spacial score (nSPS) is 11.9. The van der Waals surface area contributed by atoms with Crippen molar-refractivity contribution in [3.63, 3.8) is 0 Å². The third-order valence-corrected chi connectivity index (χ3v) is 6.12. The fraction of sp³-hybridized carbons (Fsp3) is 0.409. The first kappa shape index (κ1) is 23.6. The quantitative estimate of drug-likeness (QED) is 0.423. The molecule has 0 fully saturated rings. The van der Waals surface area contributed by atoms with Crippen LogP contribution in [0.4, 0.5) is 0 Å². The van der Waals surface area contributed by atoms with Crippen LogP contribution < -0.4 is 25.1 Å². The number of ether oxygens (including phenoxy) is 3. The number of carbonyl (C=O) groups is 1. The predicted octanol–water partition coefficient (Wildman–Crippen LogP) is 2.11. The lowest BCUT2D eigenvalue weighted by atomic mass is 10.2. The predicted molar refractivity (Wildman–Crippen MR) is 122 cm³/mol. The number of aliphatic hydroxyl groups excluding tert-OH is 1. The number of benzene rings is 1. The lowest BCUT2D eigenvalue weighted by molar-refractivity contribution is -0.121. The van der Waals surface area contributed by atoms with Gasteiger partial charge in [-0.05, 0) is 31.5 Å². The van der Waals surface area contributed by atoms with E-state index in [2.05, 4.69) is 15.3 Å². The zero-order valence-corrected chi connectivity index (χ0v) is 19.3. The molecule has 172 valence electrons. The molecule has 2 heterocycles. The summed E-state index contributed by atoms with van der Waals surface area (Å²) in [4.78, 5) is 33.5. The molecule has 9 nitrogen and oxygen atoms in total. The molecule has 32 heavy (non-hydrogen) atoms. The molecule has 0 aliphatic rings. The number of thiophene rings is 1. The maximum Gasteiger partial charge on any atom is 0.259 e. The Balaban J connectivity index is 1.49. The van der Waals surface area contributed by atoms with Gasteiger partial charge in [-0.25, -0.2) is 4.98 Å². The standard InChI is InChI=1S/C22H27N3O6S/c1-12-13(2)32-22-19(12)21(28)24-17(25-22)8-9-18(27)23-10-14(26)11-31-20-15(29-3)6-5-7-16(20)30-4/h5-7,14,26H,8-11H2,1-4H3,(H,23,27)(H,24,25,28). The zero-order chi connectivity index (χ0) is 23.3. The second-order valence-electron chi connectivity index (χ2n) is 7.24. The number of aromatic nitrogens is 2. The minimum atomic E-state index is -0.931. The summed E-state index contributed by atoms with van der Waals surface area (Å²) in [6, 6.07) is 5.21. The molecule has 0 bridgehead atoms. The van der Waals surface area contributed by atoms with Gasteiger partial charge in [0.15, 0.2) is 11.5 Å². The number of fused-ring (bicyclic) bond motifs is 1. The highest BCUT2D eigenvalue weighted by Gasteiger charge is 2.15. The fourth-order valence-corrected chi connectivity index (χ4v) is 4.22. The van der Waals surface area contributed by atoms with E-state index in [1.807, 2.05) is 13.8 Å². The third-order valence-electron chi connectivity index (χ3n) is 5.01. The minimum absolute atomic E-state index is 0.0165. The van der Waals surface area contributed by atoms with E-state index in [1.54, 1.807) is 18.2 Å². The van der Waals surface area contributed by atoms with Crippen molar-refractivity contribution >= 4 is 27.5 Å². The molecule has 0 aliphatic heterocycles.